The quantitative estimate of drug-likeness (QED) is 0.505. The first-order chi connectivity index (χ1) is 3.91. The fourth-order valence-corrected chi connectivity index (χ4v) is 0.509. The largest absolute Gasteiger partial charge is 0.350 e. The van der Waals surface area contributed by atoms with E-state index in [2.05, 4.69) is 11.7 Å². The van der Waals surface area contributed by atoms with E-state index in [0.717, 1.165) is 19.3 Å². The standard InChI is InChI=1S/C6H13FO/c1-2-3-4-5-8-6-7/h2-6H2,1H3. The van der Waals surface area contributed by atoms with Crippen LogP contribution in [0.15, 0.2) is 0 Å². The third-order valence-electron chi connectivity index (χ3n) is 0.969. The highest BCUT2D eigenvalue weighted by Gasteiger charge is 1.83. The number of unbranched alkanes of at least 4 members (excludes halogenated alkanes) is 2. The molecule has 0 bridgehead atoms. The molecule has 1 nitrogen and oxygen atoms in total. The van der Waals surface area contributed by atoms with Gasteiger partial charge in [-0.15, -0.1) is 0 Å². The van der Waals surface area contributed by atoms with Crippen molar-refractivity contribution in [2.45, 2.75) is 26.2 Å². The van der Waals surface area contributed by atoms with Gasteiger partial charge in [-0.2, -0.15) is 0 Å². The summed E-state index contributed by atoms with van der Waals surface area (Å²) < 4.78 is 15.7. The summed E-state index contributed by atoms with van der Waals surface area (Å²) in [6, 6.07) is 0. The summed E-state index contributed by atoms with van der Waals surface area (Å²) in [7, 11) is 0. The fraction of sp³-hybridized carbons (Fsp3) is 1.00. The van der Waals surface area contributed by atoms with Crippen LogP contribution in [-0.2, 0) is 4.74 Å². The third kappa shape index (κ3) is 5.89. The van der Waals surface area contributed by atoms with Crippen molar-refractivity contribution >= 4 is 0 Å². The molecule has 0 aliphatic carbocycles. The minimum atomic E-state index is -0.635. The molecule has 0 aliphatic rings. The molecule has 0 rings (SSSR count). The number of halogens is 1. The van der Waals surface area contributed by atoms with Gasteiger partial charge in [0.25, 0.3) is 0 Å². The van der Waals surface area contributed by atoms with Gasteiger partial charge in [0, 0.05) is 6.61 Å². The molecule has 0 unspecified atom stereocenters. The van der Waals surface area contributed by atoms with Crippen molar-refractivity contribution in [1.82, 2.24) is 0 Å². The van der Waals surface area contributed by atoms with E-state index in [-0.39, 0.29) is 0 Å². The normalized spacial score (nSPS) is 9.75. The molecule has 0 amide bonds. The Morgan fingerprint density at radius 2 is 2.12 bits per heavy atom. The molecule has 0 saturated heterocycles. The molecule has 0 N–H and O–H groups in total. The van der Waals surface area contributed by atoms with Crippen LogP contribution in [0, 0.1) is 0 Å². The van der Waals surface area contributed by atoms with Crippen molar-refractivity contribution in [2.75, 3.05) is 13.5 Å². The topological polar surface area (TPSA) is 9.23 Å². The van der Waals surface area contributed by atoms with E-state index < -0.39 is 6.86 Å². The molecule has 8 heavy (non-hydrogen) atoms. The average molecular weight is 120 g/mol. The minimum absolute atomic E-state index is 0.574. The van der Waals surface area contributed by atoms with Gasteiger partial charge in [-0.1, -0.05) is 19.8 Å². The Morgan fingerprint density at radius 1 is 1.38 bits per heavy atom. The number of rotatable bonds is 5. The summed E-state index contributed by atoms with van der Waals surface area (Å²) in [5.41, 5.74) is 0. The van der Waals surface area contributed by atoms with Gasteiger partial charge in [0.2, 0.25) is 0 Å². The molecule has 50 valence electrons. The van der Waals surface area contributed by atoms with E-state index in [9.17, 15) is 4.39 Å². The highest BCUT2D eigenvalue weighted by molar-refractivity contribution is 4.33. The van der Waals surface area contributed by atoms with Gasteiger partial charge in [0.15, 0.2) is 6.86 Å². The van der Waals surface area contributed by atoms with E-state index in [1.54, 1.807) is 0 Å². The predicted octanol–water partition coefficient (Wildman–Crippen LogP) is 2.12. The van der Waals surface area contributed by atoms with Gasteiger partial charge in [-0.3, -0.25) is 0 Å². The molecule has 0 radical (unpaired) electrons. The Kier molecular flexibility index (Phi) is 6.80. The second kappa shape index (κ2) is 6.89. The molecule has 0 aliphatic heterocycles. The molecule has 0 aromatic heterocycles. The first kappa shape index (κ1) is 7.89. The fourth-order valence-electron chi connectivity index (χ4n) is 0.509. The average Bonchev–Trinajstić information content (AvgIpc) is 1.81. The molecule has 0 fully saturated rings. The lowest BCUT2D eigenvalue weighted by Crippen LogP contribution is -1.90. The van der Waals surface area contributed by atoms with E-state index in [0.29, 0.717) is 6.61 Å². The minimum Gasteiger partial charge on any atom is -0.350 e. The SMILES string of the molecule is CCCCCOCF. The monoisotopic (exact) mass is 120 g/mol. The molecule has 0 aromatic carbocycles. The van der Waals surface area contributed by atoms with Gasteiger partial charge in [-0.25, -0.2) is 4.39 Å². The second-order valence-corrected chi connectivity index (χ2v) is 1.72. The smallest absolute Gasteiger partial charge is 0.188 e. The summed E-state index contributed by atoms with van der Waals surface area (Å²) >= 11 is 0. The summed E-state index contributed by atoms with van der Waals surface area (Å²) in [6.45, 7) is 2.05. The first-order valence-electron chi connectivity index (χ1n) is 3.05. The van der Waals surface area contributed by atoms with E-state index in [4.69, 9.17) is 0 Å². The Bertz CT molecular complexity index is 33.5. The van der Waals surface area contributed by atoms with Crippen LogP contribution in [0.1, 0.15) is 26.2 Å². The van der Waals surface area contributed by atoms with Crippen LogP contribution in [0.4, 0.5) is 4.39 Å². The molecular formula is C6H13FO. The van der Waals surface area contributed by atoms with E-state index in [1.807, 2.05) is 0 Å². The van der Waals surface area contributed by atoms with Crippen molar-refractivity contribution in [3.63, 3.8) is 0 Å². The Morgan fingerprint density at radius 3 is 2.62 bits per heavy atom. The summed E-state index contributed by atoms with van der Waals surface area (Å²) in [5.74, 6) is 0. The van der Waals surface area contributed by atoms with Gasteiger partial charge in [0.1, 0.15) is 0 Å². The third-order valence-corrected chi connectivity index (χ3v) is 0.969. The lowest BCUT2D eigenvalue weighted by Gasteiger charge is -1.95. The highest BCUT2D eigenvalue weighted by atomic mass is 19.1. The van der Waals surface area contributed by atoms with Crippen molar-refractivity contribution in [3.05, 3.63) is 0 Å². The number of ether oxygens (including phenoxy) is 1. The van der Waals surface area contributed by atoms with Crippen molar-refractivity contribution in [2.24, 2.45) is 0 Å². The second-order valence-electron chi connectivity index (χ2n) is 1.72. The zero-order valence-electron chi connectivity index (χ0n) is 5.32. The van der Waals surface area contributed by atoms with Crippen LogP contribution in [0.2, 0.25) is 0 Å². The number of hydrogen-bond donors (Lipinski definition) is 0. The van der Waals surface area contributed by atoms with E-state index in [1.165, 1.54) is 0 Å². The van der Waals surface area contributed by atoms with Crippen LogP contribution in [-0.4, -0.2) is 13.5 Å². The number of hydrogen-bond acceptors (Lipinski definition) is 1. The predicted molar refractivity (Wildman–Crippen MR) is 31.5 cm³/mol. The van der Waals surface area contributed by atoms with Gasteiger partial charge >= 0.3 is 0 Å². The summed E-state index contributed by atoms with van der Waals surface area (Å²) in [6.07, 6.45) is 3.29. The maximum atomic E-state index is 11.2. The van der Waals surface area contributed by atoms with Crippen LogP contribution < -0.4 is 0 Å². The molecule has 0 heterocycles. The molecule has 0 atom stereocenters. The first-order valence-corrected chi connectivity index (χ1v) is 3.05. The zero-order chi connectivity index (χ0) is 6.24. The zero-order valence-corrected chi connectivity index (χ0v) is 5.32. The maximum absolute atomic E-state index is 11.2. The van der Waals surface area contributed by atoms with Gasteiger partial charge < -0.3 is 4.74 Å². The molecule has 0 aromatic rings. The molecule has 2 heteroatoms. The Balaban J connectivity index is 2.53. The van der Waals surface area contributed by atoms with Crippen LogP contribution in [0.3, 0.4) is 0 Å². The number of alkyl halides is 1. The molecule has 0 spiro atoms. The van der Waals surface area contributed by atoms with Gasteiger partial charge in [-0.05, 0) is 6.42 Å². The lowest BCUT2D eigenvalue weighted by atomic mass is 10.3. The van der Waals surface area contributed by atoms with Crippen LogP contribution in [0.5, 0.6) is 0 Å². The van der Waals surface area contributed by atoms with E-state index >= 15 is 0 Å². The molecule has 0 saturated carbocycles. The summed E-state index contributed by atoms with van der Waals surface area (Å²) in [4.78, 5) is 0. The Hall–Kier alpha value is -0.110. The van der Waals surface area contributed by atoms with Gasteiger partial charge in [0.05, 0.1) is 0 Å². The van der Waals surface area contributed by atoms with Crippen molar-refractivity contribution in [1.29, 1.82) is 0 Å². The van der Waals surface area contributed by atoms with Crippen molar-refractivity contribution < 1.29 is 9.13 Å². The van der Waals surface area contributed by atoms with Crippen LogP contribution in [0.25, 0.3) is 0 Å². The maximum Gasteiger partial charge on any atom is 0.188 e. The lowest BCUT2D eigenvalue weighted by molar-refractivity contribution is 0.0556. The highest BCUT2D eigenvalue weighted by Crippen LogP contribution is 1.93. The molecular weight excluding hydrogens is 107 g/mol. The summed E-state index contributed by atoms with van der Waals surface area (Å²) in [5, 5.41) is 0. The van der Waals surface area contributed by atoms with Crippen LogP contribution >= 0.6 is 0 Å². The Labute approximate surface area is 49.8 Å². The van der Waals surface area contributed by atoms with Crippen molar-refractivity contribution in [3.8, 4) is 0 Å².